The molecule has 0 aliphatic heterocycles. The smallest absolute Gasteiger partial charge is 0.0945 e. The van der Waals surface area contributed by atoms with E-state index in [1.807, 2.05) is 19.1 Å². The fourth-order valence-electron chi connectivity index (χ4n) is 1.49. The molecule has 0 saturated carbocycles. The zero-order valence-electron chi connectivity index (χ0n) is 11.0. The molecule has 0 saturated heterocycles. The minimum atomic E-state index is -0.592. The number of halogens is 2. The van der Waals surface area contributed by atoms with Crippen molar-refractivity contribution in [3.63, 3.8) is 0 Å². The highest BCUT2D eigenvalue weighted by Crippen LogP contribution is 2.29. The van der Waals surface area contributed by atoms with Crippen LogP contribution in [0.4, 0.5) is 5.69 Å². The summed E-state index contributed by atoms with van der Waals surface area (Å²) in [6.45, 7) is 3.06. The molecule has 0 spiro atoms. The fourth-order valence-corrected chi connectivity index (χ4v) is 2.06. The van der Waals surface area contributed by atoms with E-state index in [4.69, 9.17) is 21.1 Å². The average Bonchev–Trinajstić information content (AvgIpc) is 2.38. The molecule has 0 aromatic heterocycles. The Kier molecular flexibility index (Phi) is 7.71. The van der Waals surface area contributed by atoms with Gasteiger partial charge < -0.3 is 19.9 Å². The van der Waals surface area contributed by atoms with Crippen LogP contribution in [0, 0.1) is 0 Å². The monoisotopic (exact) mass is 351 g/mol. The van der Waals surface area contributed by atoms with Gasteiger partial charge in [-0.15, -0.1) is 0 Å². The number of hydrogen-bond acceptors (Lipinski definition) is 4. The Balaban J connectivity index is 2.33. The van der Waals surface area contributed by atoms with Crippen molar-refractivity contribution in [2.24, 2.45) is 0 Å². The molecule has 0 aliphatic carbocycles. The third kappa shape index (κ3) is 6.10. The van der Waals surface area contributed by atoms with Crippen molar-refractivity contribution in [2.75, 3.05) is 32.2 Å². The second-order valence-corrected chi connectivity index (χ2v) is 5.44. The van der Waals surface area contributed by atoms with Gasteiger partial charge in [-0.3, -0.25) is 0 Å². The van der Waals surface area contributed by atoms with Gasteiger partial charge in [-0.1, -0.05) is 17.7 Å². The molecule has 1 aromatic carbocycles. The maximum Gasteiger partial charge on any atom is 0.0945 e. The van der Waals surface area contributed by atoms with E-state index in [-0.39, 0.29) is 12.7 Å². The molecule has 0 bridgehead atoms. The molecule has 0 aliphatic rings. The highest BCUT2D eigenvalue weighted by Gasteiger charge is 2.09. The van der Waals surface area contributed by atoms with Crippen LogP contribution in [-0.2, 0) is 9.47 Å². The van der Waals surface area contributed by atoms with Crippen molar-refractivity contribution >= 4 is 33.2 Å². The molecule has 4 nitrogen and oxygen atoms in total. The summed E-state index contributed by atoms with van der Waals surface area (Å²) in [5.74, 6) is 0. The topological polar surface area (TPSA) is 50.7 Å². The number of aliphatic hydroxyl groups is 1. The van der Waals surface area contributed by atoms with Gasteiger partial charge in [0.25, 0.3) is 0 Å². The first-order chi connectivity index (χ1) is 9.04. The van der Waals surface area contributed by atoms with Crippen molar-refractivity contribution in [1.29, 1.82) is 0 Å². The van der Waals surface area contributed by atoms with E-state index >= 15 is 0 Å². The van der Waals surface area contributed by atoms with Gasteiger partial charge in [-0.2, -0.15) is 0 Å². The Bertz CT molecular complexity index is 392. The van der Waals surface area contributed by atoms with Crippen LogP contribution in [0.2, 0.25) is 5.02 Å². The zero-order valence-corrected chi connectivity index (χ0v) is 13.4. The fraction of sp³-hybridized carbons (Fsp3) is 0.538. The number of aliphatic hydroxyl groups excluding tert-OH is 1. The minimum Gasteiger partial charge on any atom is -0.389 e. The second kappa shape index (κ2) is 8.76. The lowest BCUT2D eigenvalue weighted by molar-refractivity contribution is -0.0282. The largest absolute Gasteiger partial charge is 0.389 e. The van der Waals surface area contributed by atoms with Gasteiger partial charge in [0.1, 0.15) is 0 Å². The van der Waals surface area contributed by atoms with Crippen molar-refractivity contribution in [2.45, 2.75) is 19.1 Å². The zero-order chi connectivity index (χ0) is 14.3. The van der Waals surface area contributed by atoms with Crippen LogP contribution in [0.25, 0.3) is 0 Å². The Morgan fingerprint density at radius 1 is 1.42 bits per heavy atom. The molecule has 1 rings (SSSR count). The Morgan fingerprint density at radius 2 is 2.16 bits per heavy atom. The van der Waals surface area contributed by atoms with E-state index in [9.17, 15) is 5.11 Å². The summed E-state index contributed by atoms with van der Waals surface area (Å²) < 4.78 is 11.2. The molecule has 6 heteroatoms. The van der Waals surface area contributed by atoms with Crippen LogP contribution in [0.3, 0.4) is 0 Å². The molecule has 19 heavy (non-hydrogen) atoms. The van der Waals surface area contributed by atoms with Gasteiger partial charge in [0.15, 0.2) is 0 Å². The van der Waals surface area contributed by atoms with E-state index in [0.29, 0.717) is 18.2 Å². The Hall–Kier alpha value is -0.330. The molecule has 0 heterocycles. The molecule has 0 fully saturated rings. The molecule has 1 aromatic rings. The predicted octanol–water partition coefficient (Wildman–Crippen LogP) is 2.93. The predicted molar refractivity (Wildman–Crippen MR) is 80.9 cm³/mol. The molecule has 2 unspecified atom stereocenters. The number of ether oxygens (including phenoxy) is 2. The van der Waals surface area contributed by atoms with Crippen molar-refractivity contribution in [3.8, 4) is 0 Å². The molecule has 0 amide bonds. The summed E-state index contributed by atoms with van der Waals surface area (Å²) in [5, 5.41) is 13.6. The molecular weight excluding hydrogens is 334 g/mol. The Morgan fingerprint density at radius 3 is 2.84 bits per heavy atom. The first-order valence-corrected chi connectivity index (χ1v) is 7.18. The summed E-state index contributed by atoms with van der Waals surface area (Å²) in [5.41, 5.74) is 0.844. The SMILES string of the molecule is COCC(C)OCC(O)CNc1cccc(Cl)c1Br. The number of anilines is 1. The number of hydrogen-bond donors (Lipinski definition) is 2. The van der Waals surface area contributed by atoms with Crippen molar-refractivity contribution in [1.82, 2.24) is 0 Å². The first-order valence-electron chi connectivity index (χ1n) is 6.01. The van der Waals surface area contributed by atoms with Crippen LogP contribution in [0.15, 0.2) is 22.7 Å². The average molecular weight is 353 g/mol. The highest BCUT2D eigenvalue weighted by molar-refractivity contribution is 9.10. The summed E-state index contributed by atoms with van der Waals surface area (Å²) in [6, 6.07) is 5.53. The summed E-state index contributed by atoms with van der Waals surface area (Å²) in [4.78, 5) is 0. The van der Waals surface area contributed by atoms with Crippen molar-refractivity contribution < 1.29 is 14.6 Å². The summed E-state index contributed by atoms with van der Waals surface area (Å²) in [6.07, 6.45) is -0.622. The van der Waals surface area contributed by atoms with E-state index in [2.05, 4.69) is 21.2 Å². The van der Waals surface area contributed by atoms with E-state index in [1.54, 1.807) is 13.2 Å². The normalized spacial score (nSPS) is 14.2. The second-order valence-electron chi connectivity index (χ2n) is 4.24. The molecule has 2 atom stereocenters. The summed E-state index contributed by atoms with van der Waals surface area (Å²) in [7, 11) is 1.62. The Labute approximate surface area is 127 Å². The van der Waals surface area contributed by atoms with E-state index in [1.165, 1.54) is 0 Å². The van der Waals surface area contributed by atoms with Gasteiger partial charge in [-0.05, 0) is 35.0 Å². The van der Waals surface area contributed by atoms with Crippen LogP contribution < -0.4 is 5.32 Å². The van der Waals surface area contributed by atoms with Crippen LogP contribution >= 0.6 is 27.5 Å². The van der Waals surface area contributed by atoms with Gasteiger partial charge in [-0.25, -0.2) is 0 Å². The molecule has 2 N–H and O–H groups in total. The van der Waals surface area contributed by atoms with Crippen LogP contribution in [0.5, 0.6) is 0 Å². The van der Waals surface area contributed by atoms with E-state index < -0.39 is 6.10 Å². The number of benzene rings is 1. The highest BCUT2D eigenvalue weighted by atomic mass is 79.9. The number of methoxy groups -OCH3 is 1. The van der Waals surface area contributed by atoms with Gasteiger partial charge >= 0.3 is 0 Å². The maximum absolute atomic E-state index is 9.81. The number of nitrogens with one attached hydrogen (secondary N) is 1. The lowest BCUT2D eigenvalue weighted by Gasteiger charge is -2.17. The lowest BCUT2D eigenvalue weighted by atomic mass is 10.3. The minimum absolute atomic E-state index is 0.0300. The van der Waals surface area contributed by atoms with E-state index in [0.717, 1.165) is 10.2 Å². The standard InChI is InChI=1S/C13H19BrClNO3/c1-9(7-18-2)19-8-10(17)6-16-12-5-3-4-11(15)13(12)14/h3-5,9-10,16-17H,6-8H2,1-2H3. The molecule has 108 valence electrons. The van der Waals surface area contributed by atoms with Crippen LogP contribution in [-0.4, -0.2) is 44.2 Å². The van der Waals surface area contributed by atoms with Crippen molar-refractivity contribution in [3.05, 3.63) is 27.7 Å². The lowest BCUT2D eigenvalue weighted by Crippen LogP contribution is -2.28. The van der Waals surface area contributed by atoms with Gasteiger partial charge in [0.05, 0.1) is 40.6 Å². The van der Waals surface area contributed by atoms with Gasteiger partial charge in [0, 0.05) is 13.7 Å². The first kappa shape index (κ1) is 16.7. The van der Waals surface area contributed by atoms with Crippen LogP contribution in [0.1, 0.15) is 6.92 Å². The third-order valence-electron chi connectivity index (χ3n) is 2.45. The van der Waals surface area contributed by atoms with Gasteiger partial charge in [0.2, 0.25) is 0 Å². The maximum atomic E-state index is 9.81. The quantitative estimate of drug-likeness (QED) is 0.755. The third-order valence-corrected chi connectivity index (χ3v) is 3.85. The summed E-state index contributed by atoms with van der Waals surface area (Å²) >= 11 is 9.37. The molecular formula is C13H19BrClNO3. The molecule has 0 radical (unpaired) electrons. The number of rotatable bonds is 8.